The van der Waals surface area contributed by atoms with Crippen molar-refractivity contribution in [3.63, 3.8) is 0 Å². The Labute approximate surface area is 149 Å². The molecule has 5 nitrogen and oxygen atoms in total. The van der Waals surface area contributed by atoms with Crippen LogP contribution in [0, 0.1) is 5.92 Å². The fourth-order valence-electron chi connectivity index (χ4n) is 1.78. The minimum absolute atomic E-state index is 0. The van der Waals surface area contributed by atoms with Crippen molar-refractivity contribution in [2.75, 3.05) is 33.4 Å². The van der Waals surface area contributed by atoms with Gasteiger partial charge < -0.3 is 20.1 Å². The Morgan fingerprint density at radius 1 is 1.30 bits per heavy atom. The van der Waals surface area contributed by atoms with Crippen LogP contribution in [0.4, 0.5) is 0 Å². The number of ether oxygens (including phenoxy) is 2. The molecule has 23 heavy (non-hydrogen) atoms. The molecule has 0 spiro atoms. The van der Waals surface area contributed by atoms with Gasteiger partial charge in [0.2, 0.25) is 0 Å². The Morgan fingerprint density at radius 3 is 2.57 bits per heavy atom. The number of likely N-dealkylation sites (N-methyl/N-ethyl adjacent to an activating group) is 1. The lowest BCUT2D eigenvalue weighted by Crippen LogP contribution is -2.31. The van der Waals surface area contributed by atoms with Crippen LogP contribution in [0.15, 0.2) is 12.1 Å². The molecule has 0 aromatic heterocycles. The van der Waals surface area contributed by atoms with Gasteiger partial charge in [-0.25, -0.2) is 0 Å². The van der Waals surface area contributed by atoms with E-state index >= 15 is 0 Å². The highest BCUT2D eigenvalue weighted by Gasteiger charge is 2.16. The first-order valence-electron chi connectivity index (χ1n) is 7.48. The summed E-state index contributed by atoms with van der Waals surface area (Å²) < 4.78 is 11.0. The van der Waals surface area contributed by atoms with E-state index in [1.54, 1.807) is 12.1 Å². The van der Waals surface area contributed by atoms with E-state index in [0.717, 1.165) is 13.1 Å². The molecule has 0 radical (unpaired) electrons. The summed E-state index contributed by atoms with van der Waals surface area (Å²) in [6.07, 6.45) is 0. The summed E-state index contributed by atoms with van der Waals surface area (Å²) in [6.45, 7) is 8.80. The molecule has 0 bridgehead atoms. The molecular formula is C16H26Cl2N2O3. The standard InChI is InChI=1S/C16H25ClN2O3.ClH/c1-5-18-6-7-19-16(20)12-8-13(17)15(14(9-12)21-4)22-10-11(2)3;/h8-9,11,18H,5-7,10H2,1-4H3,(H,19,20);1H. The molecule has 0 atom stereocenters. The van der Waals surface area contributed by atoms with Crippen molar-refractivity contribution in [2.45, 2.75) is 20.8 Å². The number of amides is 1. The quantitative estimate of drug-likeness (QED) is 0.660. The highest BCUT2D eigenvalue weighted by molar-refractivity contribution is 6.32. The Kier molecular flexibility index (Phi) is 10.8. The van der Waals surface area contributed by atoms with Crippen LogP contribution in [0.1, 0.15) is 31.1 Å². The molecular weight excluding hydrogens is 339 g/mol. The van der Waals surface area contributed by atoms with Crippen LogP contribution in [-0.2, 0) is 0 Å². The molecule has 0 heterocycles. The summed E-state index contributed by atoms with van der Waals surface area (Å²) in [5.74, 6) is 1.12. The third kappa shape index (κ3) is 7.29. The molecule has 0 saturated heterocycles. The van der Waals surface area contributed by atoms with E-state index < -0.39 is 0 Å². The molecule has 2 N–H and O–H groups in total. The highest BCUT2D eigenvalue weighted by atomic mass is 35.5. The number of hydrogen-bond donors (Lipinski definition) is 2. The summed E-state index contributed by atoms with van der Waals surface area (Å²) in [6, 6.07) is 3.24. The van der Waals surface area contributed by atoms with Crippen LogP contribution in [0.3, 0.4) is 0 Å². The van der Waals surface area contributed by atoms with Gasteiger partial charge in [0.25, 0.3) is 5.91 Å². The predicted octanol–water partition coefficient (Wildman–Crippen LogP) is 3.14. The van der Waals surface area contributed by atoms with E-state index in [0.29, 0.717) is 41.2 Å². The number of benzene rings is 1. The van der Waals surface area contributed by atoms with Crippen LogP contribution in [-0.4, -0.2) is 39.3 Å². The zero-order valence-corrected chi connectivity index (χ0v) is 15.6. The van der Waals surface area contributed by atoms with Crippen molar-refractivity contribution in [3.05, 3.63) is 22.7 Å². The third-order valence-electron chi connectivity index (χ3n) is 2.89. The van der Waals surface area contributed by atoms with Gasteiger partial charge in [0.15, 0.2) is 11.5 Å². The second-order valence-corrected chi connectivity index (χ2v) is 5.71. The van der Waals surface area contributed by atoms with Gasteiger partial charge in [-0.3, -0.25) is 4.79 Å². The lowest BCUT2D eigenvalue weighted by atomic mass is 10.2. The maximum Gasteiger partial charge on any atom is 0.251 e. The number of rotatable bonds is 9. The summed E-state index contributed by atoms with van der Waals surface area (Å²) in [7, 11) is 1.53. The monoisotopic (exact) mass is 364 g/mol. The molecule has 1 aromatic carbocycles. The lowest BCUT2D eigenvalue weighted by Gasteiger charge is -2.15. The molecule has 0 aliphatic carbocycles. The Hall–Kier alpha value is -1.17. The Morgan fingerprint density at radius 2 is 2.00 bits per heavy atom. The fraction of sp³-hybridized carbons (Fsp3) is 0.562. The van der Waals surface area contributed by atoms with E-state index in [9.17, 15) is 4.79 Å². The van der Waals surface area contributed by atoms with Crippen LogP contribution >= 0.6 is 24.0 Å². The summed E-state index contributed by atoms with van der Waals surface area (Å²) in [5.41, 5.74) is 0.454. The third-order valence-corrected chi connectivity index (χ3v) is 3.17. The van der Waals surface area contributed by atoms with E-state index in [1.807, 2.05) is 20.8 Å². The first-order valence-corrected chi connectivity index (χ1v) is 7.86. The molecule has 0 aliphatic heterocycles. The zero-order chi connectivity index (χ0) is 16.5. The van der Waals surface area contributed by atoms with Crippen LogP contribution in [0.2, 0.25) is 5.02 Å². The number of carbonyl (C=O) groups excluding carboxylic acids is 1. The van der Waals surface area contributed by atoms with Gasteiger partial charge in [0.1, 0.15) is 0 Å². The van der Waals surface area contributed by atoms with Crippen molar-refractivity contribution >= 4 is 29.9 Å². The molecule has 1 aromatic rings. The van der Waals surface area contributed by atoms with Gasteiger partial charge in [0, 0.05) is 18.7 Å². The van der Waals surface area contributed by atoms with Crippen molar-refractivity contribution in [2.24, 2.45) is 5.92 Å². The number of methoxy groups -OCH3 is 1. The van der Waals surface area contributed by atoms with E-state index in [2.05, 4.69) is 10.6 Å². The van der Waals surface area contributed by atoms with Gasteiger partial charge in [-0.05, 0) is 24.6 Å². The Balaban J connectivity index is 0.00000484. The minimum Gasteiger partial charge on any atom is -0.493 e. The molecule has 7 heteroatoms. The van der Waals surface area contributed by atoms with E-state index in [-0.39, 0.29) is 18.3 Å². The van der Waals surface area contributed by atoms with Gasteiger partial charge in [-0.1, -0.05) is 32.4 Å². The van der Waals surface area contributed by atoms with Crippen molar-refractivity contribution in [3.8, 4) is 11.5 Å². The molecule has 132 valence electrons. The second-order valence-electron chi connectivity index (χ2n) is 5.30. The van der Waals surface area contributed by atoms with Gasteiger partial charge >= 0.3 is 0 Å². The maximum absolute atomic E-state index is 12.1. The van der Waals surface area contributed by atoms with Crippen molar-refractivity contribution in [1.29, 1.82) is 0 Å². The largest absolute Gasteiger partial charge is 0.493 e. The Bertz CT molecular complexity index is 496. The van der Waals surface area contributed by atoms with E-state index in [4.69, 9.17) is 21.1 Å². The topological polar surface area (TPSA) is 59.6 Å². The predicted molar refractivity (Wildman–Crippen MR) is 96.5 cm³/mol. The summed E-state index contributed by atoms with van der Waals surface area (Å²) >= 11 is 6.23. The molecule has 0 saturated carbocycles. The molecule has 0 unspecified atom stereocenters. The fourth-order valence-corrected chi connectivity index (χ4v) is 2.05. The minimum atomic E-state index is -0.187. The maximum atomic E-state index is 12.1. The van der Waals surface area contributed by atoms with Crippen LogP contribution in [0.5, 0.6) is 11.5 Å². The smallest absolute Gasteiger partial charge is 0.251 e. The lowest BCUT2D eigenvalue weighted by molar-refractivity contribution is 0.0953. The number of hydrogen-bond acceptors (Lipinski definition) is 4. The first kappa shape index (κ1) is 21.8. The molecule has 1 rings (SSSR count). The van der Waals surface area contributed by atoms with Crippen molar-refractivity contribution < 1.29 is 14.3 Å². The molecule has 1 amide bonds. The number of nitrogens with one attached hydrogen (secondary N) is 2. The normalized spacial score (nSPS) is 10.2. The second kappa shape index (κ2) is 11.4. The summed E-state index contributed by atoms with van der Waals surface area (Å²) in [4.78, 5) is 12.1. The van der Waals surface area contributed by atoms with Gasteiger partial charge in [0.05, 0.1) is 18.7 Å². The molecule has 0 aliphatic rings. The highest BCUT2D eigenvalue weighted by Crippen LogP contribution is 2.36. The molecule has 0 fully saturated rings. The first-order chi connectivity index (χ1) is 10.5. The average molecular weight is 365 g/mol. The SMILES string of the molecule is CCNCCNC(=O)c1cc(Cl)c(OCC(C)C)c(OC)c1.Cl. The van der Waals surface area contributed by atoms with Crippen molar-refractivity contribution in [1.82, 2.24) is 10.6 Å². The van der Waals surface area contributed by atoms with Crippen LogP contribution < -0.4 is 20.1 Å². The number of halogens is 2. The van der Waals surface area contributed by atoms with E-state index in [1.165, 1.54) is 7.11 Å². The number of carbonyl (C=O) groups is 1. The zero-order valence-electron chi connectivity index (χ0n) is 14.1. The van der Waals surface area contributed by atoms with Gasteiger partial charge in [-0.2, -0.15) is 0 Å². The summed E-state index contributed by atoms with van der Waals surface area (Å²) in [5, 5.41) is 6.34. The van der Waals surface area contributed by atoms with Crippen LogP contribution in [0.25, 0.3) is 0 Å². The average Bonchev–Trinajstić information content (AvgIpc) is 2.49. The van der Waals surface area contributed by atoms with Gasteiger partial charge in [-0.15, -0.1) is 12.4 Å².